The SMILES string of the molecule is O=C(Nc1ccc(S(=O)(=O)Nc2ccc(Cl)cc2)cc1)c1ccc(CN2CCCc3ccccc32)cc1. The normalized spacial score (nSPS) is 13.1. The Morgan fingerprint density at radius 1 is 0.838 bits per heavy atom. The minimum Gasteiger partial charge on any atom is -0.367 e. The third-order valence-corrected chi connectivity index (χ3v) is 7.96. The van der Waals surface area contributed by atoms with Gasteiger partial charge in [0.2, 0.25) is 0 Å². The van der Waals surface area contributed by atoms with Gasteiger partial charge in [-0.25, -0.2) is 8.42 Å². The highest BCUT2D eigenvalue weighted by molar-refractivity contribution is 7.92. The Morgan fingerprint density at radius 2 is 1.51 bits per heavy atom. The summed E-state index contributed by atoms with van der Waals surface area (Å²) in [5.74, 6) is -0.259. The standard InChI is InChI=1S/C29H26ClN3O3S/c30-24-11-13-26(14-12-24)32-37(35,36)27-17-15-25(16-18-27)31-29(34)23-9-7-21(8-10-23)20-33-19-3-5-22-4-1-2-6-28(22)33/h1-2,4,6-18,32H,3,5,19-20H2,(H,31,34). The maximum Gasteiger partial charge on any atom is 0.261 e. The van der Waals surface area contributed by atoms with Crippen molar-refractivity contribution in [3.63, 3.8) is 0 Å². The molecule has 0 unspecified atom stereocenters. The molecule has 0 spiro atoms. The van der Waals surface area contributed by atoms with E-state index in [9.17, 15) is 13.2 Å². The Kier molecular flexibility index (Phi) is 7.17. The lowest BCUT2D eigenvalue weighted by Gasteiger charge is -2.31. The third kappa shape index (κ3) is 5.96. The first-order valence-corrected chi connectivity index (χ1v) is 13.9. The van der Waals surface area contributed by atoms with Crippen LogP contribution in [-0.4, -0.2) is 20.9 Å². The van der Waals surface area contributed by atoms with E-state index in [0.717, 1.165) is 31.5 Å². The van der Waals surface area contributed by atoms with Gasteiger partial charge in [-0.05, 0) is 90.7 Å². The number of carbonyl (C=O) groups is 1. The highest BCUT2D eigenvalue weighted by atomic mass is 35.5. The van der Waals surface area contributed by atoms with Crippen LogP contribution in [0, 0.1) is 0 Å². The number of benzene rings is 4. The van der Waals surface area contributed by atoms with Gasteiger partial charge in [0, 0.05) is 40.7 Å². The smallest absolute Gasteiger partial charge is 0.261 e. The zero-order chi connectivity index (χ0) is 25.8. The second-order valence-electron chi connectivity index (χ2n) is 8.94. The first-order chi connectivity index (χ1) is 17.9. The maximum absolute atomic E-state index is 12.8. The maximum atomic E-state index is 12.8. The van der Waals surface area contributed by atoms with Gasteiger partial charge < -0.3 is 10.2 Å². The first kappa shape index (κ1) is 24.9. The summed E-state index contributed by atoms with van der Waals surface area (Å²) in [6.07, 6.45) is 2.24. The zero-order valence-corrected chi connectivity index (χ0v) is 21.6. The molecule has 0 aromatic heterocycles. The van der Waals surface area contributed by atoms with Crippen molar-refractivity contribution in [1.29, 1.82) is 0 Å². The molecule has 0 fully saturated rings. The summed E-state index contributed by atoms with van der Waals surface area (Å²) in [6, 6.07) is 28.5. The van der Waals surface area contributed by atoms with Crippen LogP contribution in [0.1, 0.15) is 27.9 Å². The number of hydrogen-bond acceptors (Lipinski definition) is 4. The van der Waals surface area contributed by atoms with E-state index in [4.69, 9.17) is 11.6 Å². The molecule has 0 bridgehead atoms. The van der Waals surface area contributed by atoms with E-state index in [1.165, 1.54) is 23.4 Å². The Hall–Kier alpha value is -3.81. The summed E-state index contributed by atoms with van der Waals surface area (Å²) < 4.78 is 27.8. The molecule has 0 radical (unpaired) electrons. The molecule has 0 saturated carbocycles. The summed E-state index contributed by atoms with van der Waals surface area (Å²) in [5.41, 5.74) is 5.24. The lowest BCUT2D eigenvalue weighted by molar-refractivity contribution is 0.102. The number of hydrogen-bond donors (Lipinski definition) is 2. The lowest BCUT2D eigenvalue weighted by atomic mass is 10.0. The topological polar surface area (TPSA) is 78.5 Å². The van der Waals surface area contributed by atoms with Crippen LogP contribution >= 0.6 is 11.6 Å². The van der Waals surface area contributed by atoms with Crippen molar-refractivity contribution >= 4 is 44.6 Å². The quantitative estimate of drug-likeness (QED) is 0.291. The molecular formula is C29H26ClN3O3S. The van der Waals surface area contributed by atoms with E-state index in [0.29, 0.717) is 22.0 Å². The van der Waals surface area contributed by atoms with E-state index < -0.39 is 10.0 Å². The molecule has 4 aromatic rings. The van der Waals surface area contributed by atoms with Crippen molar-refractivity contribution in [2.75, 3.05) is 21.5 Å². The van der Waals surface area contributed by atoms with Crippen molar-refractivity contribution < 1.29 is 13.2 Å². The van der Waals surface area contributed by atoms with Gasteiger partial charge in [0.05, 0.1) is 4.90 Å². The van der Waals surface area contributed by atoms with Crippen LogP contribution in [-0.2, 0) is 23.0 Å². The molecule has 1 amide bonds. The number of nitrogens with zero attached hydrogens (tertiary/aromatic N) is 1. The molecule has 0 aliphatic carbocycles. The molecule has 2 N–H and O–H groups in total. The Bertz CT molecular complexity index is 1500. The van der Waals surface area contributed by atoms with Crippen molar-refractivity contribution in [1.82, 2.24) is 0 Å². The Labute approximate surface area is 222 Å². The number of anilines is 3. The number of carbonyl (C=O) groups excluding carboxylic acids is 1. The average Bonchev–Trinajstić information content (AvgIpc) is 2.91. The van der Waals surface area contributed by atoms with Gasteiger partial charge in [-0.1, -0.05) is 41.9 Å². The van der Waals surface area contributed by atoms with Crippen molar-refractivity contribution in [3.8, 4) is 0 Å². The molecule has 1 aliphatic heterocycles. The molecule has 6 nitrogen and oxygen atoms in total. The predicted molar refractivity (Wildman–Crippen MR) is 149 cm³/mol. The Balaban J connectivity index is 1.21. The zero-order valence-electron chi connectivity index (χ0n) is 20.0. The van der Waals surface area contributed by atoms with Crippen LogP contribution in [0.3, 0.4) is 0 Å². The number of nitrogens with one attached hydrogen (secondary N) is 2. The minimum absolute atomic E-state index is 0.0871. The molecular weight excluding hydrogens is 506 g/mol. The number of amides is 1. The predicted octanol–water partition coefficient (Wildman–Crippen LogP) is 6.35. The van der Waals surface area contributed by atoms with Crippen molar-refractivity contribution in [2.45, 2.75) is 24.3 Å². The van der Waals surface area contributed by atoms with Crippen molar-refractivity contribution in [3.05, 3.63) is 119 Å². The van der Waals surface area contributed by atoms with Gasteiger partial charge in [-0.15, -0.1) is 0 Å². The monoisotopic (exact) mass is 531 g/mol. The fourth-order valence-corrected chi connectivity index (χ4v) is 5.59. The number of sulfonamides is 1. The van der Waals surface area contributed by atoms with Crippen LogP contribution in [0.2, 0.25) is 5.02 Å². The summed E-state index contributed by atoms with van der Waals surface area (Å²) >= 11 is 5.85. The highest BCUT2D eigenvalue weighted by Gasteiger charge is 2.17. The molecule has 188 valence electrons. The van der Waals surface area contributed by atoms with Crippen LogP contribution < -0.4 is 14.9 Å². The molecule has 1 heterocycles. The Morgan fingerprint density at radius 3 is 2.24 bits per heavy atom. The van der Waals surface area contributed by atoms with E-state index in [1.54, 1.807) is 36.4 Å². The summed E-state index contributed by atoms with van der Waals surface area (Å²) in [6.45, 7) is 1.80. The highest BCUT2D eigenvalue weighted by Crippen LogP contribution is 2.28. The average molecular weight is 532 g/mol. The fourth-order valence-electron chi connectivity index (χ4n) is 4.41. The number of para-hydroxylation sites is 1. The van der Waals surface area contributed by atoms with Gasteiger partial charge in [0.1, 0.15) is 0 Å². The van der Waals surface area contributed by atoms with Gasteiger partial charge in [-0.2, -0.15) is 0 Å². The molecule has 4 aromatic carbocycles. The molecule has 37 heavy (non-hydrogen) atoms. The minimum atomic E-state index is -3.77. The molecule has 0 atom stereocenters. The summed E-state index contributed by atoms with van der Waals surface area (Å²) in [7, 11) is -3.77. The first-order valence-electron chi connectivity index (χ1n) is 12.0. The number of rotatable bonds is 7. The fraction of sp³-hybridized carbons (Fsp3) is 0.138. The lowest BCUT2D eigenvalue weighted by Crippen LogP contribution is -2.28. The van der Waals surface area contributed by atoms with Crippen LogP contribution in [0.25, 0.3) is 0 Å². The van der Waals surface area contributed by atoms with E-state index in [1.807, 2.05) is 24.3 Å². The summed E-state index contributed by atoms with van der Waals surface area (Å²) in [5, 5.41) is 3.35. The van der Waals surface area contributed by atoms with Crippen LogP contribution in [0.15, 0.2) is 102 Å². The molecule has 8 heteroatoms. The summed E-state index contributed by atoms with van der Waals surface area (Å²) in [4.78, 5) is 15.2. The number of fused-ring (bicyclic) bond motifs is 1. The van der Waals surface area contributed by atoms with E-state index >= 15 is 0 Å². The van der Waals surface area contributed by atoms with Crippen molar-refractivity contribution in [2.24, 2.45) is 0 Å². The molecule has 0 saturated heterocycles. The number of halogens is 1. The molecule has 5 rings (SSSR count). The van der Waals surface area contributed by atoms with Gasteiger partial charge in [0.25, 0.3) is 15.9 Å². The van der Waals surface area contributed by atoms with Gasteiger partial charge in [-0.3, -0.25) is 9.52 Å². The number of aryl methyl sites for hydroxylation is 1. The largest absolute Gasteiger partial charge is 0.367 e. The van der Waals surface area contributed by atoms with Crippen LogP contribution in [0.4, 0.5) is 17.1 Å². The molecule has 1 aliphatic rings. The second kappa shape index (κ2) is 10.7. The van der Waals surface area contributed by atoms with E-state index in [-0.39, 0.29) is 10.8 Å². The second-order valence-corrected chi connectivity index (χ2v) is 11.1. The van der Waals surface area contributed by atoms with Crippen LogP contribution in [0.5, 0.6) is 0 Å². The van der Waals surface area contributed by atoms with Gasteiger partial charge >= 0.3 is 0 Å². The van der Waals surface area contributed by atoms with E-state index in [2.05, 4.69) is 39.2 Å². The third-order valence-electron chi connectivity index (χ3n) is 6.31. The van der Waals surface area contributed by atoms with Gasteiger partial charge in [0.15, 0.2) is 0 Å².